The molecule has 1 saturated heterocycles. The highest BCUT2D eigenvalue weighted by Gasteiger charge is 2.47. The number of ether oxygens (including phenoxy) is 1. The lowest BCUT2D eigenvalue weighted by molar-refractivity contribution is 0.103. The summed E-state index contributed by atoms with van der Waals surface area (Å²) in [6.07, 6.45) is 6.77. The van der Waals surface area contributed by atoms with Gasteiger partial charge < -0.3 is 20.3 Å². The zero-order valence-electron chi connectivity index (χ0n) is 20.7. The van der Waals surface area contributed by atoms with E-state index < -0.39 is 0 Å². The number of carbonyl (C=O) groups excluding carboxylic acids is 2. The van der Waals surface area contributed by atoms with Crippen LogP contribution < -0.4 is 15.5 Å². The minimum Gasteiger partial charge on any atom is -0.450 e. The van der Waals surface area contributed by atoms with Crippen LogP contribution >= 0.6 is 0 Å². The second-order valence-electron chi connectivity index (χ2n) is 10.4. The van der Waals surface area contributed by atoms with Crippen LogP contribution in [-0.2, 0) is 10.2 Å². The molecule has 188 valence electrons. The molecule has 8 heteroatoms. The molecule has 0 radical (unpaired) electrons. The SMILES string of the molecule is CCOC(=O)NC1CCCCC(N2CCC3(CC2)CN(C(=O)NC(C)C)c2ccc(F)cc23)C1. The Labute approximate surface area is 202 Å². The third-order valence-electron chi connectivity index (χ3n) is 7.70. The lowest BCUT2D eigenvalue weighted by Gasteiger charge is -2.43. The van der Waals surface area contributed by atoms with Crippen molar-refractivity contribution in [3.63, 3.8) is 0 Å². The van der Waals surface area contributed by atoms with E-state index in [1.165, 1.54) is 6.07 Å². The van der Waals surface area contributed by atoms with Gasteiger partial charge in [-0.15, -0.1) is 0 Å². The average Bonchev–Trinajstić information content (AvgIpc) is 2.93. The molecule has 1 aromatic rings. The van der Waals surface area contributed by atoms with Gasteiger partial charge in [0.15, 0.2) is 0 Å². The molecule has 3 amide bonds. The molecule has 2 heterocycles. The molecule has 1 spiro atoms. The number of urea groups is 1. The second-order valence-corrected chi connectivity index (χ2v) is 10.4. The number of alkyl carbamates (subject to hydrolysis) is 1. The van der Waals surface area contributed by atoms with E-state index in [2.05, 4.69) is 15.5 Å². The summed E-state index contributed by atoms with van der Waals surface area (Å²) in [4.78, 5) is 29.2. The van der Waals surface area contributed by atoms with Crippen LogP contribution in [0, 0.1) is 5.82 Å². The molecule has 2 N–H and O–H groups in total. The van der Waals surface area contributed by atoms with E-state index in [-0.39, 0.29) is 35.4 Å². The first-order valence-corrected chi connectivity index (χ1v) is 12.9. The fourth-order valence-corrected chi connectivity index (χ4v) is 6.03. The number of piperidine rings is 1. The highest BCUT2D eigenvalue weighted by atomic mass is 19.1. The summed E-state index contributed by atoms with van der Waals surface area (Å²) in [5, 5.41) is 6.05. The topological polar surface area (TPSA) is 73.9 Å². The van der Waals surface area contributed by atoms with Gasteiger partial charge in [-0.05, 0) is 89.7 Å². The van der Waals surface area contributed by atoms with Crippen LogP contribution in [0.3, 0.4) is 0 Å². The predicted octanol–water partition coefficient (Wildman–Crippen LogP) is 4.54. The number of likely N-dealkylation sites (tertiary alicyclic amines) is 1. The van der Waals surface area contributed by atoms with E-state index in [1.54, 1.807) is 17.0 Å². The molecule has 2 aliphatic heterocycles. The van der Waals surface area contributed by atoms with Crippen molar-refractivity contribution in [2.24, 2.45) is 0 Å². The maximum Gasteiger partial charge on any atom is 0.407 e. The third-order valence-corrected chi connectivity index (χ3v) is 7.70. The minimum atomic E-state index is -0.324. The van der Waals surface area contributed by atoms with Crippen molar-refractivity contribution < 1.29 is 18.7 Å². The van der Waals surface area contributed by atoms with E-state index in [4.69, 9.17) is 4.74 Å². The van der Waals surface area contributed by atoms with Gasteiger partial charge in [-0.3, -0.25) is 4.90 Å². The number of halogens is 1. The molecule has 4 rings (SSSR count). The Morgan fingerprint density at radius 1 is 1.21 bits per heavy atom. The van der Waals surface area contributed by atoms with Crippen LogP contribution in [0.2, 0.25) is 0 Å². The monoisotopic (exact) mass is 474 g/mol. The standard InChI is InChI=1S/C26H39FN4O3/c1-4-34-25(33)29-20-7-5-6-8-21(16-20)30-13-11-26(12-14-30)17-31(24(32)28-18(2)3)23-10-9-19(27)15-22(23)26/h9-10,15,18,20-21H,4-8,11-14,16-17H2,1-3H3,(H,28,32)(H,29,33). The van der Waals surface area contributed by atoms with Gasteiger partial charge in [0.2, 0.25) is 0 Å². The van der Waals surface area contributed by atoms with Crippen molar-refractivity contribution >= 4 is 17.8 Å². The first-order chi connectivity index (χ1) is 16.3. The smallest absolute Gasteiger partial charge is 0.407 e. The van der Waals surface area contributed by atoms with Crippen LogP contribution in [0.5, 0.6) is 0 Å². The molecule has 34 heavy (non-hydrogen) atoms. The second kappa shape index (κ2) is 10.5. The van der Waals surface area contributed by atoms with E-state index in [0.29, 0.717) is 19.2 Å². The quantitative estimate of drug-likeness (QED) is 0.628. The third kappa shape index (κ3) is 5.32. The molecular formula is C26H39FN4O3. The van der Waals surface area contributed by atoms with Crippen LogP contribution in [0.15, 0.2) is 18.2 Å². The Balaban J connectivity index is 1.45. The average molecular weight is 475 g/mol. The number of rotatable bonds is 4. The van der Waals surface area contributed by atoms with Crippen molar-refractivity contribution in [2.45, 2.75) is 89.3 Å². The zero-order valence-corrected chi connectivity index (χ0v) is 20.7. The Kier molecular flexibility index (Phi) is 7.65. The molecular weight excluding hydrogens is 435 g/mol. The molecule has 1 saturated carbocycles. The fraction of sp³-hybridized carbons (Fsp3) is 0.692. The Morgan fingerprint density at radius 3 is 2.65 bits per heavy atom. The van der Waals surface area contributed by atoms with Crippen molar-refractivity contribution in [1.82, 2.24) is 15.5 Å². The van der Waals surface area contributed by atoms with E-state index in [9.17, 15) is 14.0 Å². The van der Waals surface area contributed by atoms with Crippen LogP contribution in [0.4, 0.5) is 19.7 Å². The van der Waals surface area contributed by atoms with Crippen LogP contribution in [0.25, 0.3) is 0 Å². The molecule has 0 bridgehead atoms. The number of benzene rings is 1. The molecule has 3 aliphatic rings. The number of amides is 3. The molecule has 7 nitrogen and oxygen atoms in total. The Morgan fingerprint density at radius 2 is 1.94 bits per heavy atom. The fourth-order valence-electron chi connectivity index (χ4n) is 6.03. The van der Waals surface area contributed by atoms with Gasteiger partial charge >= 0.3 is 12.1 Å². The predicted molar refractivity (Wildman–Crippen MR) is 131 cm³/mol. The van der Waals surface area contributed by atoms with Crippen molar-refractivity contribution in [3.8, 4) is 0 Å². The van der Waals surface area contributed by atoms with E-state index >= 15 is 0 Å². The number of hydrogen-bond donors (Lipinski definition) is 2. The van der Waals surface area contributed by atoms with Gasteiger partial charge in [0.1, 0.15) is 5.82 Å². The summed E-state index contributed by atoms with van der Waals surface area (Å²) in [7, 11) is 0. The first kappa shape index (κ1) is 24.8. The number of anilines is 1. The van der Waals surface area contributed by atoms with E-state index in [1.807, 2.05) is 20.8 Å². The normalized spacial score (nSPS) is 24.6. The molecule has 2 atom stereocenters. The Bertz CT molecular complexity index is 885. The van der Waals surface area contributed by atoms with Gasteiger partial charge in [-0.1, -0.05) is 12.8 Å². The summed E-state index contributed by atoms with van der Waals surface area (Å²) < 4.78 is 19.4. The lowest BCUT2D eigenvalue weighted by Crippen LogP contribution is -2.51. The largest absolute Gasteiger partial charge is 0.450 e. The van der Waals surface area contributed by atoms with Gasteiger partial charge in [-0.2, -0.15) is 0 Å². The van der Waals surface area contributed by atoms with Crippen LogP contribution in [0.1, 0.15) is 71.3 Å². The molecule has 0 aromatic heterocycles. The number of nitrogens with zero attached hydrogens (tertiary/aromatic N) is 2. The highest BCUT2D eigenvalue weighted by molar-refractivity contribution is 5.95. The molecule has 2 unspecified atom stereocenters. The Hall–Kier alpha value is -2.35. The number of fused-ring (bicyclic) bond motifs is 2. The van der Waals surface area contributed by atoms with Gasteiger partial charge in [0.05, 0.1) is 6.61 Å². The molecule has 1 aliphatic carbocycles. The summed E-state index contributed by atoms with van der Waals surface area (Å²) in [6, 6.07) is 5.32. The summed E-state index contributed by atoms with van der Waals surface area (Å²) in [5.41, 5.74) is 1.59. The maximum absolute atomic E-state index is 14.3. The van der Waals surface area contributed by atoms with Gasteiger partial charge in [0, 0.05) is 35.8 Å². The number of hydrogen-bond acceptors (Lipinski definition) is 4. The van der Waals surface area contributed by atoms with Crippen molar-refractivity contribution in [1.29, 1.82) is 0 Å². The highest BCUT2D eigenvalue weighted by Crippen LogP contribution is 2.48. The number of carbonyl (C=O) groups is 2. The van der Waals surface area contributed by atoms with Crippen LogP contribution in [-0.4, -0.2) is 61.4 Å². The first-order valence-electron chi connectivity index (χ1n) is 12.9. The molecule has 1 aromatic carbocycles. The van der Waals surface area contributed by atoms with Crippen molar-refractivity contribution in [2.75, 3.05) is 31.1 Å². The van der Waals surface area contributed by atoms with Gasteiger partial charge in [0.25, 0.3) is 0 Å². The zero-order chi connectivity index (χ0) is 24.3. The van der Waals surface area contributed by atoms with Gasteiger partial charge in [-0.25, -0.2) is 14.0 Å². The summed E-state index contributed by atoms with van der Waals surface area (Å²) in [6.45, 7) is 8.51. The maximum atomic E-state index is 14.3. The van der Waals surface area contributed by atoms with E-state index in [0.717, 1.165) is 69.3 Å². The number of nitrogens with one attached hydrogen (secondary N) is 2. The lowest BCUT2D eigenvalue weighted by atomic mass is 9.74. The minimum absolute atomic E-state index is 0.0428. The van der Waals surface area contributed by atoms with Crippen molar-refractivity contribution in [3.05, 3.63) is 29.6 Å². The summed E-state index contributed by atoms with van der Waals surface area (Å²) in [5.74, 6) is -0.247. The molecule has 2 fully saturated rings. The summed E-state index contributed by atoms with van der Waals surface area (Å²) >= 11 is 0.